The fourth-order valence-electron chi connectivity index (χ4n) is 1.12. The zero-order valence-corrected chi connectivity index (χ0v) is 10.8. The van der Waals surface area contributed by atoms with Gasteiger partial charge in [0.25, 0.3) is 5.91 Å². The van der Waals surface area contributed by atoms with Crippen molar-refractivity contribution in [2.75, 3.05) is 11.2 Å². The molecule has 3 nitrogen and oxygen atoms in total. The lowest BCUT2D eigenvalue weighted by Crippen LogP contribution is -2.34. The molecular formula is C9H7BrN2OS2. The number of amides is 1. The zero-order valence-electron chi connectivity index (χ0n) is 7.57. The highest BCUT2D eigenvalue weighted by Crippen LogP contribution is 2.21. The van der Waals surface area contributed by atoms with Crippen LogP contribution in [0.1, 0.15) is 0 Å². The third kappa shape index (κ3) is 2.50. The van der Waals surface area contributed by atoms with Crippen molar-refractivity contribution < 1.29 is 4.79 Å². The van der Waals surface area contributed by atoms with Crippen LogP contribution >= 0.6 is 39.9 Å². The highest BCUT2D eigenvalue weighted by Gasteiger charge is 2.26. The summed E-state index contributed by atoms with van der Waals surface area (Å²) in [6, 6.07) is 7.56. The molecule has 1 aliphatic heterocycles. The minimum absolute atomic E-state index is 0.00656. The molecule has 1 aromatic rings. The van der Waals surface area contributed by atoms with Gasteiger partial charge in [-0.1, -0.05) is 39.9 Å². The minimum atomic E-state index is -0.00656. The summed E-state index contributed by atoms with van der Waals surface area (Å²) < 4.78 is 1.57. The average Bonchev–Trinajstić information content (AvgIpc) is 2.53. The summed E-state index contributed by atoms with van der Waals surface area (Å²) in [6.45, 7) is 0. The number of nitrogens with zero attached hydrogens (tertiary/aromatic N) is 1. The molecule has 0 radical (unpaired) electrons. The summed E-state index contributed by atoms with van der Waals surface area (Å²) in [5, 5.41) is 1.41. The fraction of sp³-hybridized carbons (Fsp3) is 0.111. The summed E-state index contributed by atoms with van der Waals surface area (Å²) in [6.07, 6.45) is 0. The van der Waals surface area contributed by atoms with Gasteiger partial charge in [-0.2, -0.15) is 0 Å². The number of thiocarbonyl (C=S) groups is 1. The lowest BCUT2D eigenvalue weighted by atomic mass is 10.3. The second-order valence-corrected chi connectivity index (χ2v) is 5.43. The third-order valence-corrected chi connectivity index (χ3v) is 3.72. The van der Waals surface area contributed by atoms with E-state index in [4.69, 9.17) is 12.2 Å². The number of nitrogens with one attached hydrogen (secondary N) is 1. The van der Waals surface area contributed by atoms with E-state index in [1.54, 1.807) is 0 Å². The van der Waals surface area contributed by atoms with Gasteiger partial charge >= 0.3 is 0 Å². The van der Waals surface area contributed by atoms with Gasteiger partial charge in [0.15, 0.2) is 4.32 Å². The monoisotopic (exact) mass is 302 g/mol. The molecule has 0 saturated carbocycles. The topological polar surface area (TPSA) is 32.3 Å². The third-order valence-electron chi connectivity index (χ3n) is 1.84. The van der Waals surface area contributed by atoms with Crippen molar-refractivity contribution in [3.63, 3.8) is 0 Å². The van der Waals surface area contributed by atoms with Gasteiger partial charge in [0.05, 0.1) is 11.4 Å². The second-order valence-electron chi connectivity index (χ2n) is 2.90. The maximum Gasteiger partial charge on any atom is 0.257 e. The lowest BCUT2D eigenvalue weighted by molar-refractivity contribution is -0.123. The SMILES string of the molecule is O=C1CSC(=S)N1Nc1ccc(Br)cc1. The highest BCUT2D eigenvalue weighted by molar-refractivity contribution is 9.10. The van der Waals surface area contributed by atoms with E-state index in [0.29, 0.717) is 10.1 Å². The number of thioether (sulfide) groups is 1. The van der Waals surface area contributed by atoms with E-state index < -0.39 is 0 Å². The van der Waals surface area contributed by atoms with Crippen molar-refractivity contribution >= 4 is 55.8 Å². The standard InChI is InChI=1S/C9H7BrN2OS2/c10-6-1-3-7(4-2-6)11-12-8(13)5-15-9(12)14/h1-4,11H,5H2. The molecule has 0 bridgehead atoms. The molecular weight excluding hydrogens is 296 g/mol. The summed E-state index contributed by atoms with van der Waals surface area (Å²) in [5.74, 6) is 0.412. The van der Waals surface area contributed by atoms with Crippen LogP contribution in [0.25, 0.3) is 0 Å². The molecule has 1 heterocycles. The lowest BCUT2D eigenvalue weighted by Gasteiger charge is -2.17. The Labute approximate surface area is 105 Å². The van der Waals surface area contributed by atoms with Crippen molar-refractivity contribution in [2.45, 2.75) is 0 Å². The van der Waals surface area contributed by atoms with Crippen LogP contribution in [0.2, 0.25) is 0 Å². The highest BCUT2D eigenvalue weighted by atomic mass is 79.9. The summed E-state index contributed by atoms with van der Waals surface area (Å²) in [5.41, 5.74) is 3.81. The average molecular weight is 303 g/mol. The first-order valence-electron chi connectivity index (χ1n) is 4.19. The fourth-order valence-corrected chi connectivity index (χ4v) is 2.36. The largest absolute Gasteiger partial charge is 0.290 e. The first-order valence-corrected chi connectivity index (χ1v) is 6.37. The molecule has 2 rings (SSSR count). The van der Waals surface area contributed by atoms with Crippen molar-refractivity contribution in [2.24, 2.45) is 0 Å². The Morgan fingerprint density at radius 1 is 1.40 bits per heavy atom. The number of anilines is 1. The molecule has 0 unspecified atom stereocenters. The van der Waals surface area contributed by atoms with E-state index in [-0.39, 0.29) is 5.91 Å². The van der Waals surface area contributed by atoms with Crippen LogP contribution < -0.4 is 5.43 Å². The zero-order chi connectivity index (χ0) is 10.8. The number of carbonyl (C=O) groups is 1. The van der Waals surface area contributed by atoms with E-state index in [1.165, 1.54) is 16.8 Å². The number of hydrazine groups is 1. The van der Waals surface area contributed by atoms with Gasteiger partial charge in [0.2, 0.25) is 0 Å². The van der Waals surface area contributed by atoms with Gasteiger partial charge in [-0.15, -0.1) is 0 Å². The van der Waals surface area contributed by atoms with Crippen LogP contribution in [-0.4, -0.2) is 21.0 Å². The van der Waals surface area contributed by atoms with Crippen molar-refractivity contribution in [3.8, 4) is 0 Å². The van der Waals surface area contributed by atoms with Crippen LogP contribution in [0.4, 0.5) is 5.69 Å². The summed E-state index contributed by atoms with van der Waals surface area (Å²) in [4.78, 5) is 11.4. The molecule has 1 fully saturated rings. The maximum absolute atomic E-state index is 11.4. The molecule has 6 heteroatoms. The Morgan fingerprint density at radius 2 is 2.07 bits per heavy atom. The molecule has 78 valence electrons. The predicted octanol–water partition coefficient (Wildman–Crippen LogP) is 2.64. The molecule has 15 heavy (non-hydrogen) atoms. The molecule has 0 aromatic heterocycles. The molecule has 1 aromatic carbocycles. The number of benzene rings is 1. The predicted molar refractivity (Wildman–Crippen MR) is 69.7 cm³/mol. The second kappa shape index (κ2) is 4.51. The molecule has 0 spiro atoms. The smallest absolute Gasteiger partial charge is 0.257 e. The number of hydrogen-bond acceptors (Lipinski definition) is 4. The van der Waals surface area contributed by atoms with Crippen molar-refractivity contribution in [3.05, 3.63) is 28.7 Å². The van der Waals surface area contributed by atoms with E-state index in [2.05, 4.69) is 21.4 Å². The minimum Gasteiger partial charge on any atom is -0.290 e. The first-order chi connectivity index (χ1) is 7.16. The van der Waals surface area contributed by atoms with Crippen molar-refractivity contribution in [1.29, 1.82) is 0 Å². The summed E-state index contributed by atoms with van der Waals surface area (Å²) >= 11 is 9.75. The van der Waals surface area contributed by atoms with Crippen LogP contribution in [0.15, 0.2) is 28.7 Å². The number of carbonyl (C=O) groups excluding carboxylic acids is 1. The van der Waals surface area contributed by atoms with Gasteiger partial charge < -0.3 is 0 Å². The Hall–Kier alpha value is -0.590. The Kier molecular flexibility index (Phi) is 3.28. The summed E-state index contributed by atoms with van der Waals surface area (Å²) in [7, 11) is 0. The van der Waals surface area contributed by atoms with E-state index in [1.807, 2.05) is 24.3 Å². The Bertz CT molecular complexity index is 391. The van der Waals surface area contributed by atoms with Crippen LogP contribution in [0.3, 0.4) is 0 Å². The first kappa shape index (κ1) is 10.9. The molecule has 1 N–H and O–H groups in total. The van der Waals surface area contributed by atoms with Crippen LogP contribution in [0.5, 0.6) is 0 Å². The van der Waals surface area contributed by atoms with Gasteiger partial charge in [0.1, 0.15) is 0 Å². The quantitative estimate of drug-likeness (QED) is 0.851. The normalized spacial score (nSPS) is 15.9. The van der Waals surface area contributed by atoms with Crippen LogP contribution in [0, 0.1) is 0 Å². The van der Waals surface area contributed by atoms with Gasteiger partial charge in [0, 0.05) is 4.47 Å². The van der Waals surface area contributed by atoms with E-state index in [0.717, 1.165) is 10.2 Å². The van der Waals surface area contributed by atoms with Gasteiger partial charge in [-0.25, -0.2) is 5.01 Å². The molecule has 1 amide bonds. The number of hydrogen-bond donors (Lipinski definition) is 1. The molecule has 1 saturated heterocycles. The van der Waals surface area contributed by atoms with Gasteiger partial charge in [-0.3, -0.25) is 10.2 Å². The number of halogens is 1. The van der Waals surface area contributed by atoms with Crippen molar-refractivity contribution in [1.82, 2.24) is 5.01 Å². The number of rotatable bonds is 2. The molecule has 0 atom stereocenters. The molecule has 0 aliphatic carbocycles. The molecule has 1 aliphatic rings. The Morgan fingerprint density at radius 3 is 2.60 bits per heavy atom. The van der Waals surface area contributed by atoms with E-state index >= 15 is 0 Å². The van der Waals surface area contributed by atoms with Gasteiger partial charge in [-0.05, 0) is 24.3 Å². The Balaban J connectivity index is 2.11. The van der Waals surface area contributed by atoms with Crippen LogP contribution in [-0.2, 0) is 4.79 Å². The maximum atomic E-state index is 11.4. The van der Waals surface area contributed by atoms with E-state index in [9.17, 15) is 4.79 Å².